The number of para-hydroxylation sites is 1. The second-order valence-corrected chi connectivity index (χ2v) is 6.04. The Morgan fingerprint density at radius 2 is 2.00 bits per heavy atom. The van der Waals surface area contributed by atoms with Crippen LogP contribution in [0, 0.1) is 0 Å². The Balaban J connectivity index is 1.58. The van der Waals surface area contributed by atoms with E-state index in [0.717, 1.165) is 33.6 Å². The largest absolute Gasteiger partial charge is 0.440 e. The molecule has 0 fully saturated rings. The fourth-order valence-electron chi connectivity index (χ4n) is 2.77. The monoisotopic (exact) mass is 318 g/mol. The molecule has 2 N–H and O–H groups in total. The highest BCUT2D eigenvalue weighted by atomic mass is 16.3. The highest BCUT2D eigenvalue weighted by Crippen LogP contribution is 2.28. The molecule has 3 heterocycles. The number of aromatic nitrogens is 3. The van der Waals surface area contributed by atoms with E-state index in [4.69, 9.17) is 4.42 Å². The van der Waals surface area contributed by atoms with E-state index in [0.29, 0.717) is 11.8 Å². The number of pyridine rings is 1. The SMILES string of the molecule is CC(C)c1n[nH]cc1-c1ccc(Nc2cc3ccccc3o2)nc1. The zero-order chi connectivity index (χ0) is 16.5. The molecule has 24 heavy (non-hydrogen) atoms. The van der Waals surface area contributed by atoms with Gasteiger partial charge in [0.2, 0.25) is 0 Å². The second kappa shape index (κ2) is 5.85. The van der Waals surface area contributed by atoms with Gasteiger partial charge in [-0.25, -0.2) is 4.98 Å². The van der Waals surface area contributed by atoms with E-state index in [2.05, 4.69) is 34.3 Å². The second-order valence-electron chi connectivity index (χ2n) is 6.04. The van der Waals surface area contributed by atoms with Crippen molar-refractivity contribution in [2.75, 3.05) is 5.32 Å². The third-order valence-corrected chi connectivity index (χ3v) is 3.97. The zero-order valence-corrected chi connectivity index (χ0v) is 13.6. The van der Waals surface area contributed by atoms with Gasteiger partial charge in [-0.1, -0.05) is 32.0 Å². The molecule has 0 atom stereocenters. The van der Waals surface area contributed by atoms with Crippen LogP contribution in [0.2, 0.25) is 0 Å². The number of anilines is 2. The van der Waals surface area contributed by atoms with Gasteiger partial charge in [0.25, 0.3) is 0 Å². The van der Waals surface area contributed by atoms with E-state index in [1.54, 1.807) is 0 Å². The zero-order valence-electron chi connectivity index (χ0n) is 13.6. The van der Waals surface area contributed by atoms with Crippen LogP contribution in [-0.2, 0) is 0 Å². The summed E-state index contributed by atoms with van der Waals surface area (Å²) < 4.78 is 5.76. The Labute approximate surface area is 139 Å². The molecule has 3 aromatic heterocycles. The van der Waals surface area contributed by atoms with Crippen LogP contribution in [0.1, 0.15) is 25.5 Å². The van der Waals surface area contributed by atoms with E-state index in [1.807, 2.05) is 54.9 Å². The third-order valence-electron chi connectivity index (χ3n) is 3.97. The number of hydrogen-bond donors (Lipinski definition) is 2. The molecule has 5 heteroatoms. The molecule has 0 saturated carbocycles. The summed E-state index contributed by atoms with van der Waals surface area (Å²) in [5, 5.41) is 11.5. The fourth-order valence-corrected chi connectivity index (χ4v) is 2.77. The molecule has 0 radical (unpaired) electrons. The maximum atomic E-state index is 5.76. The smallest absolute Gasteiger partial charge is 0.199 e. The average Bonchev–Trinajstić information content (AvgIpc) is 3.21. The van der Waals surface area contributed by atoms with Gasteiger partial charge in [-0.2, -0.15) is 5.10 Å². The highest BCUT2D eigenvalue weighted by molar-refractivity contribution is 5.81. The van der Waals surface area contributed by atoms with Crippen LogP contribution in [0.5, 0.6) is 0 Å². The first-order valence-electron chi connectivity index (χ1n) is 7.96. The minimum Gasteiger partial charge on any atom is -0.440 e. The van der Waals surface area contributed by atoms with E-state index in [9.17, 15) is 0 Å². The number of furan rings is 1. The minimum absolute atomic E-state index is 0.361. The lowest BCUT2D eigenvalue weighted by Gasteiger charge is -2.06. The third kappa shape index (κ3) is 2.65. The summed E-state index contributed by atoms with van der Waals surface area (Å²) in [5.41, 5.74) is 4.04. The van der Waals surface area contributed by atoms with Crippen LogP contribution in [0.3, 0.4) is 0 Å². The van der Waals surface area contributed by atoms with Crippen LogP contribution in [0.15, 0.2) is 59.3 Å². The summed E-state index contributed by atoms with van der Waals surface area (Å²) in [5.74, 6) is 1.79. The van der Waals surface area contributed by atoms with Crippen molar-refractivity contribution in [3.8, 4) is 11.1 Å². The first-order valence-corrected chi connectivity index (χ1v) is 7.96. The molecule has 0 aliphatic heterocycles. The van der Waals surface area contributed by atoms with E-state index < -0.39 is 0 Å². The van der Waals surface area contributed by atoms with Crippen molar-refractivity contribution in [2.45, 2.75) is 19.8 Å². The van der Waals surface area contributed by atoms with Crippen molar-refractivity contribution in [2.24, 2.45) is 0 Å². The number of hydrogen-bond acceptors (Lipinski definition) is 4. The van der Waals surface area contributed by atoms with Gasteiger partial charge >= 0.3 is 0 Å². The Morgan fingerprint density at radius 1 is 1.12 bits per heavy atom. The van der Waals surface area contributed by atoms with Crippen molar-refractivity contribution in [1.29, 1.82) is 0 Å². The van der Waals surface area contributed by atoms with E-state index >= 15 is 0 Å². The summed E-state index contributed by atoms with van der Waals surface area (Å²) in [7, 11) is 0. The fraction of sp³-hybridized carbons (Fsp3) is 0.158. The van der Waals surface area contributed by atoms with Gasteiger partial charge in [0.15, 0.2) is 5.88 Å². The van der Waals surface area contributed by atoms with Crippen molar-refractivity contribution >= 4 is 22.7 Å². The van der Waals surface area contributed by atoms with Crippen LogP contribution < -0.4 is 5.32 Å². The number of benzene rings is 1. The molecule has 1 aromatic carbocycles. The maximum absolute atomic E-state index is 5.76. The first kappa shape index (κ1) is 14.5. The number of H-pyrrole nitrogens is 1. The predicted octanol–water partition coefficient (Wildman–Crippen LogP) is 5.08. The number of nitrogens with zero attached hydrogens (tertiary/aromatic N) is 2. The van der Waals surface area contributed by atoms with E-state index in [-0.39, 0.29) is 0 Å². The first-order chi connectivity index (χ1) is 11.7. The van der Waals surface area contributed by atoms with Crippen molar-refractivity contribution < 1.29 is 4.42 Å². The van der Waals surface area contributed by atoms with E-state index in [1.165, 1.54) is 0 Å². The van der Waals surface area contributed by atoms with Gasteiger partial charge in [-0.3, -0.25) is 5.10 Å². The van der Waals surface area contributed by atoms with Crippen molar-refractivity contribution in [1.82, 2.24) is 15.2 Å². The average molecular weight is 318 g/mol. The van der Waals surface area contributed by atoms with Crippen molar-refractivity contribution in [3.63, 3.8) is 0 Å². The van der Waals surface area contributed by atoms with Gasteiger partial charge in [-0.05, 0) is 24.1 Å². The summed E-state index contributed by atoms with van der Waals surface area (Å²) in [6.07, 6.45) is 3.76. The Kier molecular flexibility index (Phi) is 3.54. The summed E-state index contributed by atoms with van der Waals surface area (Å²) in [6.45, 7) is 4.26. The quantitative estimate of drug-likeness (QED) is 0.550. The van der Waals surface area contributed by atoms with Crippen LogP contribution in [0.25, 0.3) is 22.1 Å². The number of aromatic amines is 1. The predicted molar refractivity (Wildman–Crippen MR) is 95.4 cm³/mol. The molecular formula is C19H18N4O. The lowest BCUT2D eigenvalue weighted by atomic mass is 10.0. The summed E-state index contributed by atoms with van der Waals surface area (Å²) >= 11 is 0. The van der Waals surface area contributed by atoms with Crippen molar-refractivity contribution in [3.05, 3.63) is 60.6 Å². The van der Waals surface area contributed by atoms with Crippen LogP contribution in [-0.4, -0.2) is 15.2 Å². The topological polar surface area (TPSA) is 66.7 Å². The normalized spacial score (nSPS) is 11.3. The molecule has 0 bridgehead atoms. The Bertz CT molecular complexity index is 933. The molecule has 5 nitrogen and oxygen atoms in total. The number of nitrogens with one attached hydrogen (secondary N) is 2. The van der Waals surface area contributed by atoms with Crippen LogP contribution in [0.4, 0.5) is 11.7 Å². The standard InChI is InChI=1S/C19H18N4O/c1-12(2)19-15(11-21-23-19)14-7-8-17(20-10-14)22-18-9-13-5-3-4-6-16(13)24-18/h3-12H,1-2H3,(H,20,22)(H,21,23). The lowest BCUT2D eigenvalue weighted by Crippen LogP contribution is -1.94. The molecule has 0 spiro atoms. The number of fused-ring (bicyclic) bond motifs is 1. The molecule has 0 aliphatic carbocycles. The molecule has 4 aromatic rings. The minimum atomic E-state index is 0.361. The molecule has 0 unspecified atom stereocenters. The molecule has 0 saturated heterocycles. The highest BCUT2D eigenvalue weighted by Gasteiger charge is 2.12. The molecule has 0 aliphatic rings. The van der Waals surface area contributed by atoms with Crippen LogP contribution >= 0.6 is 0 Å². The molecule has 4 rings (SSSR count). The summed E-state index contributed by atoms with van der Waals surface area (Å²) in [4.78, 5) is 4.49. The molecule has 120 valence electrons. The maximum Gasteiger partial charge on any atom is 0.199 e. The van der Waals surface area contributed by atoms with Gasteiger partial charge < -0.3 is 9.73 Å². The summed E-state index contributed by atoms with van der Waals surface area (Å²) in [6, 6.07) is 13.9. The Hall–Kier alpha value is -3.08. The van der Waals surface area contributed by atoms with Gasteiger partial charge in [0.1, 0.15) is 11.4 Å². The number of rotatable bonds is 4. The van der Waals surface area contributed by atoms with Gasteiger partial charge in [0, 0.05) is 35.0 Å². The Morgan fingerprint density at radius 3 is 2.75 bits per heavy atom. The molecule has 0 amide bonds. The van der Waals surface area contributed by atoms with Gasteiger partial charge in [0.05, 0.1) is 5.69 Å². The molecular weight excluding hydrogens is 300 g/mol. The lowest BCUT2D eigenvalue weighted by molar-refractivity contribution is 0.634. The van der Waals surface area contributed by atoms with Gasteiger partial charge in [-0.15, -0.1) is 0 Å².